The van der Waals surface area contributed by atoms with Gasteiger partial charge in [0.25, 0.3) is 0 Å². The van der Waals surface area contributed by atoms with Crippen LogP contribution in [0.25, 0.3) is 5.57 Å². The van der Waals surface area contributed by atoms with Crippen LogP contribution in [-0.4, -0.2) is 71.1 Å². The molecule has 11 nitrogen and oxygen atoms in total. The Labute approximate surface area is 259 Å². The zero-order valence-electron chi connectivity index (χ0n) is 26.6. The number of carbonyl (C=O) groups is 2. The smallest absolute Gasteiger partial charge is 0.215 e. The summed E-state index contributed by atoms with van der Waals surface area (Å²) < 4.78 is 7.48. The number of carbonyl (C=O) groups excluding carboxylic acids is 2. The molecule has 11 heteroatoms. The minimum Gasteiger partial charge on any atom is -0.392 e. The number of hydrogen-bond donors (Lipinski definition) is 3. The molecule has 1 aliphatic carbocycles. The van der Waals surface area contributed by atoms with Gasteiger partial charge in [-0.25, -0.2) is 9.98 Å². The Hall–Kier alpha value is -4.22. The van der Waals surface area contributed by atoms with E-state index in [1.165, 1.54) is 26.8 Å². The van der Waals surface area contributed by atoms with Crippen molar-refractivity contribution in [2.75, 3.05) is 31.7 Å². The molecule has 1 saturated heterocycles. The number of nitrogens with zero attached hydrogens (tertiary/aromatic N) is 5. The first-order valence-electron chi connectivity index (χ1n) is 14.9. The molecule has 0 aromatic carbocycles. The van der Waals surface area contributed by atoms with Crippen LogP contribution in [0, 0.1) is 12.3 Å². The normalized spacial score (nSPS) is 17.2. The summed E-state index contributed by atoms with van der Waals surface area (Å²) in [5.41, 5.74) is 13.4. The van der Waals surface area contributed by atoms with Crippen LogP contribution in [0.5, 0.6) is 0 Å². The van der Waals surface area contributed by atoms with Crippen molar-refractivity contribution in [2.45, 2.75) is 66.7 Å². The highest BCUT2D eigenvalue weighted by molar-refractivity contribution is 5.93. The minimum absolute atomic E-state index is 0.222. The van der Waals surface area contributed by atoms with E-state index in [-0.39, 0.29) is 18.1 Å². The molecule has 2 aliphatic rings. The van der Waals surface area contributed by atoms with E-state index in [4.69, 9.17) is 10.5 Å². The van der Waals surface area contributed by atoms with Gasteiger partial charge in [-0.1, -0.05) is 13.8 Å². The molecule has 236 valence electrons. The largest absolute Gasteiger partial charge is 0.392 e. The number of aryl methyl sites for hydroxylation is 1. The number of rotatable bonds is 14. The summed E-state index contributed by atoms with van der Waals surface area (Å²) in [4.78, 5) is 35.9. The topological polar surface area (TPSA) is 138 Å². The molecule has 2 aromatic rings. The maximum absolute atomic E-state index is 12.4. The molecule has 4 rings (SSSR count). The van der Waals surface area contributed by atoms with Gasteiger partial charge in [-0.3, -0.25) is 14.5 Å². The zero-order chi connectivity index (χ0) is 32.0. The van der Waals surface area contributed by atoms with Crippen LogP contribution in [0.3, 0.4) is 0 Å². The molecule has 0 unspecified atom stereocenters. The van der Waals surface area contributed by atoms with E-state index in [0.717, 1.165) is 24.9 Å². The van der Waals surface area contributed by atoms with Gasteiger partial charge in [0.2, 0.25) is 12.8 Å². The molecular formula is C33H45N7O4. The summed E-state index contributed by atoms with van der Waals surface area (Å²) in [6.07, 6.45) is 10.2. The Kier molecular flexibility index (Phi) is 10.4. The van der Waals surface area contributed by atoms with Crippen molar-refractivity contribution < 1.29 is 19.4 Å². The lowest BCUT2D eigenvalue weighted by Crippen LogP contribution is -2.45. The molecule has 4 N–H and O–H groups in total. The van der Waals surface area contributed by atoms with Gasteiger partial charge in [-0.15, -0.1) is 0 Å². The number of aliphatic hydroxyl groups is 1. The highest BCUT2D eigenvalue weighted by Crippen LogP contribution is 2.38. The van der Waals surface area contributed by atoms with Crippen LogP contribution in [0.1, 0.15) is 55.8 Å². The fourth-order valence-electron chi connectivity index (χ4n) is 5.91. The average molecular weight is 604 g/mol. The van der Waals surface area contributed by atoms with Crippen LogP contribution in [0.4, 0.5) is 5.82 Å². The minimum atomic E-state index is -0.367. The summed E-state index contributed by atoms with van der Waals surface area (Å²) in [5, 5.41) is 13.9. The van der Waals surface area contributed by atoms with E-state index in [9.17, 15) is 14.7 Å². The molecule has 0 atom stereocenters. The second kappa shape index (κ2) is 14.0. The number of nitrogens with two attached hydrogens (primary N) is 1. The molecule has 2 amide bonds. The number of aromatic nitrogens is 2. The van der Waals surface area contributed by atoms with Gasteiger partial charge in [-0.2, -0.15) is 0 Å². The van der Waals surface area contributed by atoms with E-state index in [1.54, 1.807) is 44.6 Å². The van der Waals surface area contributed by atoms with Gasteiger partial charge in [0.1, 0.15) is 11.7 Å². The molecule has 3 heterocycles. The van der Waals surface area contributed by atoms with Crippen molar-refractivity contribution >= 4 is 30.0 Å². The lowest BCUT2D eigenvalue weighted by atomic mass is 9.90. The van der Waals surface area contributed by atoms with Crippen molar-refractivity contribution in [1.82, 2.24) is 19.8 Å². The van der Waals surface area contributed by atoms with E-state index >= 15 is 0 Å². The van der Waals surface area contributed by atoms with Crippen molar-refractivity contribution in [3.05, 3.63) is 76.2 Å². The predicted octanol–water partition coefficient (Wildman–Crippen LogP) is 3.05. The zero-order valence-corrected chi connectivity index (χ0v) is 26.6. The number of amides is 2. The number of allylic oxidation sites excluding steroid dienone is 4. The van der Waals surface area contributed by atoms with Crippen molar-refractivity contribution in [3.63, 3.8) is 0 Å². The average Bonchev–Trinajstić information content (AvgIpc) is 3.39. The fourth-order valence-corrected chi connectivity index (χ4v) is 5.91. The molecule has 44 heavy (non-hydrogen) atoms. The van der Waals surface area contributed by atoms with Gasteiger partial charge in [0.15, 0.2) is 0 Å². The number of aliphatic imine (C=N–C) groups is 1. The van der Waals surface area contributed by atoms with Gasteiger partial charge >= 0.3 is 0 Å². The van der Waals surface area contributed by atoms with Gasteiger partial charge in [0.05, 0.1) is 25.9 Å². The number of nitrogens with one attached hydrogen (secondary N) is 1. The summed E-state index contributed by atoms with van der Waals surface area (Å²) in [6.45, 7) is 12.3. The number of pyridine rings is 1. The predicted molar refractivity (Wildman–Crippen MR) is 173 cm³/mol. The number of aliphatic hydroxyl groups excluding tert-OH is 1. The Morgan fingerprint density at radius 1 is 1.25 bits per heavy atom. The molecule has 1 aliphatic heterocycles. The summed E-state index contributed by atoms with van der Waals surface area (Å²) in [5.74, 6) is 0.673. The second-order valence-electron chi connectivity index (χ2n) is 12.4. The molecule has 1 fully saturated rings. The molecule has 0 saturated carbocycles. The van der Waals surface area contributed by atoms with Crippen molar-refractivity contribution in [3.8, 4) is 0 Å². The van der Waals surface area contributed by atoms with E-state index in [1.807, 2.05) is 6.92 Å². The highest BCUT2D eigenvalue weighted by Gasteiger charge is 2.32. The van der Waals surface area contributed by atoms with Gasteiger partial charge in [0, 0.05) is 66.5 Å². The van der Waals surface area contributed by atoms with Crippen molar-refractivity contribution in [2.24, 2.45) is 16.1 Å². The monoisotopic (exact) mass is 603 g/mol. The lowest BCUT2D eigenvalue weighted by Gasteiger charge is -2.28. The van der Waals surface area contributed by atoms with E-state index in [0.29, 0.717) is 66.8 Å². The number of fused-ring (bicyclic) bond motifs is 1. The van der Waals surface area contributed by atoms with E-state index < -0.39 is 0 Å². The molecule has 2 aromatic heterocycles. The number of anilines is 1. The number of amidine groups is 1. The fraction of sp³-hybridized carbons (Fsp3) is 0.455. The Bertz CT molecular complexity index is 1500. The molecule has 0 radical (unpaired) electrons. The quantitative estimate of drug-likeness (QED) is 0.131. The summed E-state index contributed by atoms with van der Waals surface area (Å²) in [6, 6.07) is 4.27. The Balaban J connectivity index is 1.62. The van der Waals surface area contributed by atoms with Crippen LogP contribution in [-0.2, 0) is 40.3 Å². The van der Waals surface area contributed by atoms with Crippen LogP contribution in [0.2, 0.25) is 0 Å². The lowest BCUT2D eigenvalue weighted by molar-refractivity contribution is -0.115. The second-order valence-corrected chi connectivity index (χ2v) is 12.4. The third kappa shape index (κ3) is 7.83. The number of hydrogen-bond acceptors (Lipinski definition) is 7. The first-order chi connectivity index (χ1) is 20.9. The highest BCUT2D eigenvalue weighted by atomic mass is 16.5. The van der Waals surface area contributed by atoms with Crippen LogP contribution in [0.15, 0.2) is 53.1 Å². The summed E-state index contributed by atoms with van der Waals surface area (Å²) in [7, 11) is 1.62. The van der Waals surface area contributed by atoms with Crippen molar-refractivity contribution in [1.29, 1.82) is 0 Å². The van der Waals surface area contributed by atoms with E-state index in [2.05, 4.69) is 46.7 Å². The Morgan fingerprint density at radius 3 is 2.64 bits per heavy atom. The Morgan fingerprint density at radius 2 is 2.00 bits per heavy atom. The first-order valence-corrected chi connectivity index (χ1v) is 14.9. The van der Waals surface area contributed by atoms with Gasteiger partial charge < -0.3 is 30.4 Å². The summed E-state index contributed by atoms with van der Waals surface area (Å²) >= 11 is 0. The van der Waals surface area contributed by atoms with Crippen LogP contribution >= 0.6 is 0 Å². The third-order valence-corrected chi connectivity index (χ3v) is 7.90. The van der Waals surface area contributed by atoms with Gasteiger partial charge in [-0.05, 0) is 74.4 Å². The third-order valence-electron chi connectivity index (χ3n) is 7.90. The van der Waals surface area contributed by atoms with Crippen LogP contribution < -0.4 is 16.0 Å². The maximum atomic E-state index is 12.4. The number of ether oxygens (including phenoxy) is 1. The standard InChI is InChI=1S/C33H45N7O4/c1-22(37-31(34)12-23(2)36-27-18-44-19-27)11-26(16-38(6)20-42)28-7-8-35-32(29(28)17-41)39(21-43)9-10-40-24(3)13-25-14-33(4,5)15-30(25)40/h7-8,11-13,16,20-21,27,36,41H,9-10,14-15,17-19H2,1-6H3,(H2,34,37)/b22-11+,23-12-,26-16+. The maximum Gasteiger partial charge on any atom is 0.215 e. The first kappa shape index (κ1) is 32.7. The molecule has 0 bridgehead atoms. The molecule has 0 spiro atoms. The SMILES string of the molecule is C/C(=C/C(N)=N/C(C)=C/C(=C\N(C)C=O)c1ccnc(N(C=O)CCn2c(C)cc3c2CC(C)(C)C3)c1CO)NC1COC1. The molecular weight excluding hydrogens is 558 g/mol.